The zero-order chi connectivity index (χ0) is 22.9. The maximum Gasteiger partial charge on any atom is 0.320 e. The molecule has 0 aromatic carbocycles. The molecule has 1 saturated heterocycles. The average Bonchev–Trinajstić information content (AvgIpc) is 3.34. The van der Waals surface area contributed by atoms with Crippen LogP contribution in [0.15, 0.2) is 18.3 Å². The monoisotopic (exact) mass is 458 g/mol. The summed E-state index contributed by atoms with van der Waals surface area (Å²) in [5.74, 6) is 0.599. The summed E-state index contributed by atoms with van der Waals surface area (Å²) < 4.78 is 7.59. The quantitative estimate of drug-likeness (QED) is 0.599. The second-order valence-corrected chi connectivity index (χ2v) is 9.57. The molecule has 1 fully saturated rings. The molecule has 0 radical (unpaired) electrons. The van der Waals surface area contributed by atoms with Crippen molar-refractivity contribution in [1.29, 1.82) is 0 Å². The Morgan fingerprint density at radius 3 is 2.88 bits per heavy atom. The van der Waals surface area contributed by atoms with E-state index in [1.54, 1.807) is 23.0 Å². The van der Waals surface area contributed by atoms with E-state index in [9.17, 15) is 4.79 Å². The van der Waals surface area contributed by atoms with E-state index in [2.05, 4.69) is 56.3 Å². The molecular weight excluding hydrogens is 432 g/mol. The number of fused-ring (bicyclic) bond motifs is 1. The number of carbonyl (C=O) groups is 1. The Labute approximate surface area is 191 Å². The topological polar surface area (TPSA) is 111 Å². The molecule has 0 saturated carbocycles. The van der Waals surface area contributed by atoms with Crippen molar-refractivity contribution in [1.82, 2.24) is 35.3 Å². The highest BCUT2D eigenvalue weighted by Crippen LogP contribution is 2.28. The summed E-state index contributed by atoms with van der Waals surface area (Å²) in [6.45, 7) is 9.91. The highest BCUT2D eigenvalue weighted by Gasteiger charge is 2.28. The van der Waals surface area contributed by atoms with Crippen LogP contribution < -0.4 is 15.0 Å². The molecular formula is C21H27ClN8O2. The van der Waals surface area contributed by atoms with Crippen molar-refractivity contribution >= 4 is 34.5 Å². The van der Waals surface area contributed by atoms with Crippen LogP contribution in [0.2, 0.25) is 5.02 Å². The third-order valence-electron chi connectivity index (χ3n) is 4.99. The van der Waals surface area contributed by atoms with Gasteiger partial charge >= 0.3 is 6.01 Å². The van der Waals surface area contributed by atoms with Crippen molar-refractivity contribution < 1.29 is 9.53 Å². The van der Waals surface area contributed by atoms with E-state index in [1.807, 2.05) is 0 Å². The van der Waals surface area contributed by atoms with Crippen LogP contribution in [-0.2, 0) is 11.3 Å². The number of pyridine rings is 1. The van der Waals surface area contributed by atoms with Crippen LogP contribution >= 0.6 is 11.6 Å². The summed E-state index contributed by atoms with van der Waals surface area (Å²) in [5.41, 5.74) is 1.74. The maximum absolute atomic E-state index is 11.5. The Kier molecular flexibility index (Phi) is 6.14. The minimum atomic E-state index is -0.0530. The lowest BCUT2D eigenvalue weighted by atomic mass is 9.99. The second kappa shape index (κ2) is 8.85. The molecule has 4 heterocycles. The number of nitrogens with zero attached hydrogens (tertiary/aromatic N) is 7. The number of ether oxygens (including phenoxy) is 1. The van der Waals surface area contributed by atoms with Crippen molar-refractivity contribution in [2.24, 2.45) is 5.41 Å². The Bertz CT molecular complexity index is 1130. The van der Waals surface area contributed by atoms with Gasteiger partial charge in [-0.15, -0.1) is 5.10 Å². The molecule has 3 aromatic heterocycles. The predicted octanol–water partition coefficient (Wildman–Crippen LogP) is 2.46. The average molecular weight is 459 g/mol. The van der Waals surface area contributed by atoms with Gasteiger partial charge in [-0.2, -0.15) is 9.97 Å². The summed E-state index contributed by atoms with van der Waals surface area (Å²) in [6.07, 6.45) is 2.51. The van der Waals surface area contributed by atoms with Gasteiger partial charge < -0.3 is 15.0 Å². The van der Waals surface area contributed by atoms with Crippen molar-refractivity contribution in [3.05, 3.63) is 29.0 Å². The van der Waals surface area contributed by atoms with Crippen molar-refractivity contribution in [3.63, 3.8) is 0 Å². The van der Waals surface area contributed by atoms with Gasteiger partial charge in [0.2, 0.25) is 5.91 Å². The molecule has 4 rings (SSSR count). The highest BCUT2D eigenvalue weighted by atomic mass is 35.5. The van der Waals surface area contributed by atoms with Crippen molar-refractivity contribution in [3.8, 4) is 6.01 Å². The van der Waals surface area contributed by atoms with Gasteiger partial charge in [0.25, 0.3) is 0 Å². The SMILES string of the molecule is CC(=O)N[C@H]1CCN(c2nc(OCC(C)(C)C)nc3c2nnn3Cc2ncccc2Cl)C1. The smallest absolute Gasteiger partial charge is 0.320 e. The van der Waals surface area contributed by atoms with Gasteiger partial charge in [-0.1, -0.05) is 37.6 Å². The van der Waals surface area contributed by atoms with Crippen LogP contribution in [0, 0.1) is 5.41 Å². The van der Waals surface area contributed by atoms with E-state index in [0.717, 1.165) is 13.0 Å². The number of amides is 1. The summed E-state index contributed by atoms with van der Waals surface area (Å²) >= 11 is 6.29. The fourth-order valence-electron chi connectivity index (χ4n) is 3.53. The fourth-order valence-corrected chi connectivity index (χ4v) is 3.71. The highest BCUT2D eigenvalue weighted by molar-refractivity contribution is 6.31. The lowest BCUT2D eigenvalue weighted by molar-refractivity contribution is -0.119. The minimum Gasteiger partial charge on any atom is -0.463 e. The Morgan fingerprint density at radius 2 is 2.16 bits per heavy atom. The first-order valence-corrected chi connectivity index (χ1v) is 10.9. The Hall–Kier alpha value is -3.01. The molecule has 1 amide bonds. The van der Waals surface area contributed by atoms with Crippen LogP contribution in [0.25, 0.3) is 11.2 Å². The van der Waals surface area contributed by atoms with E-state index in [-0.39, 0.29) is 23.4 Å². The van der Waals surface area contributed by atoms with E-state index in [4.69, 9.17) is 16.3 Å². The number of hydrogen-bond donors (Lipinski definition) is 1. The number of halogens is 1. The first-order valence-electron chi connectivity index (χ1n) is 10.5. The normalized spacial score (nSPS) is 16.5. The molecule has 0 aliphatic carbocycles. The minimum absolute atomic E-state index is 0.0444. The summed E-state index contributed by atoms with van der Waals surface area (Å²) in [4.78, 5) is 27.2. The Morgan fingerprint density at radius 1 is 1.34 bits per heavy atom. The Balaban J connectivity index is 1.70. The van der Waals surface area contributed by atoms with Gasteiger partial charge in [0.1, 0.15) is 0 Å². The van der Waals surface area contributed by atoms with E-state index < -0.39 is 0 Å². The fraction of sp³-hybridized carbons (Fsp3) is 0.524. The van der Waals surface area contributed by atoms with Gasteiger partial charge in [-0.05, 0) is 24.0 Å². The van der Waals surface area contributed by atoms with Gasteiger partial charge in [0.05, 0.1) is 23.9 Å². The number of hydrogen-bond acceptors (Lipinski definition) is 8. The number of carbonyl (C=O) groups excluding carboxylic acids is 1. The molecule has 0 unspecified atom stereocenters. The second-order valence-electron chi connectivity index (χ2n) is 9.16. The number of anilines is 1. The molecule has 170 valence electrons. The van der Waals surface area contributed by atoms with Gasteiger partial charge in [-0.3, -0.25) is 9.78 Å². The van der Waals surface area contributed by atoms with Crippen LogP contribution in [0.3, 0.4) is 0 Å². The van der Waals surface area contributed by atoms with E-state index in [1.165, 1.54) is 6.92 Å². The molecule has 0 bridgehead atoms. The number of aromatic nitrogens is 6. The molecule has 32 heavy (non-hydrogen) atoms. The molecule has 11 heteroatoms. The largest absolute Gasteiger partial charge is 0.463 e. The molecule has 1 aliphatic heterocycles. The van der Waals surface area contributed by atoms with Crippen LogP contribution in [0.4, 0.5) is 5.82 Å². The van der Waals surface area contributed by atoms with Crippen LogP contribution in [-0.4, -0.2) is 61.6 Å². The summed E-state index contributed by atoms with van der Waals surface area (Å²) in [6, 6.07) is 3.89. The first-order chi connectivity index (χ1) is 15.2. The molecule has 10 nitrogen and oxygen atoms in total. The standard InChI is InChI=1S/C21H27ClN8O2/c1-13(31)24-14-7-9-29(10-14)18-17-19(26-20(25-18)32-12-21(2,3)4)30(28-27-17)11-16-15(22)6-5-8-23-16/h5-6,8,14H,7,9-12H2,1-4H3,(H,24,31)/t14-/m0/s1. The molecule has 1 atom stereocenters. The zero-order valence-corrected chi connectivity index (χ0v) is 19.4. The lowest BCUT2D eigenvalue weighted by Crippen LogP contribution is -2.35. The first kappa shape index (κ1) is 22.2. The van der Waals surface area contributed by atoms with Gasteiger partial charge in [0.15, 0.2) is 17.0 Å². The van der Waals surface area contributed by atoms with Gasteiger partial charge in [0, 0.05) is 32.3 Å². The molecule has 3 aromatic rings. The molecule has 0 spiro atoms. The van der Waals surface area contributed by atoms with E-state index in [0.29, 0.717) is 47.4 Å². The van der Waals surface area contributed by atoms with Crippen molar-refractivity contribution in [2.75, 3.05) is 24.6 Å². The van der Waals surface area contributed by atoms with Gasteiger partial charge in [-0.25, -0.2) is 4.68 Å². The maximum atomic E-state index is 11.5. The number of nitrogens with one attached hydrogen (secondary N) is 1. The van der Waals surface area contributed by atoms with Crippen LogP contribution in [0.5, 0.6) is 6.01 Å². The third-order valence-corrected chi connectivity index (χ3v) is 5.33. The predicted molar refractivity (Wildman–Crippen MR) is 121 cm³/mol. The van der Waals surface area contributed by atoms with Crippen molar-refractivity contribution in [2.45, 2.75) is 46.7 Å². The summed E-state index contributed by atoms with van der Waals surface area (Å²) in [5, 5.41) is 12.2. The third kappa shape index (κ3) is 5.07. The molecule has 1 N–H and O–H groups in total. The summed E-state index contributed by atoms with van der Waals surface area (Å²) in [7, 11) is 0. The van der Waals surface area contributed by atoms with Crippen LogP contribution in [0.1, 0.15) is 39.8 Å². The number of rotatable bonds is 6. The lowest BCUT2D eigenvalue weighted by Gasteiger charge is -2.20. The van der Waals surface area contributed by atoms with E-state index >= 15 is 0 Å². The molecule has 1 aliphatic rings. The zero-order valence-electron chi connectivity index (χ0n) is 18.7.